The molecule has 0 spiro atoms. The number of carbonyl (C=O) groups is 2. The Bertz CT molecular complexity index is 837. The molecule has 0 radical (unpaired) electrons. The second-order valence-electron chi connectivity index (χ2n) is 4.98. The topological polar surface area (TPSA) is 120 Å². The lowest BCUT2D eigenvalue weighted by atomic mass is 9.85. The first kappa shape index (κ1) is 14.5. The van der Waals surface area contributed by atoms with Gasteiger partial charge in [-0.15, -0.1) is 0 Å². The highest BCUT2D eigenvalue weighted by Crippen LogP contribution is 2.40. The van der Waals surface area contributed by atoms with E-state index in [1.165, 1.54) is 24.3 Å². The van der Waals surface area contributed by atoms with Crippen molar-refractivity contribution in [2.45, 2.75) is 5.54 Å². The monoisotopic (exact) mass is 312 g/mol. The summed E-state index contributed by atoms with van der Waals surface area (Å²) in [5, 5.41) is 22.4. The van der Waals surface area contributed by atoms with Gasteiger partial charge in [-0.2, -0.15) is 0 Å². The van der Waals surface area contributed by atoms with Crippen molar-refractivity contribution in [2.24, 2.45) is 0 Å². The summed E-state index contributed by atoms with van der Waals surface area (Å²) in [6.07, 6.45) is 0. The van der Waals surface area contributed by atoms with Gasteiger partial charge in [0.25, 0.3) is 17.3 Å². The van der Waals surface area contributed by atoms with Gasteiger partial charge in [0.15, 0.2) is 0 Å². The maximum atomic E-state index is 12.6. The van der Waals surface area contributed by atoms with Crippen molar-refractivity contribution in [3.05, 3.63) is 85.4 Å². The first-order valence-electron chi connectivity index (χ1n) is 6.48. The van der Waals surface area contributed by atoms with E-state index in [1.54, 1.807) is 0 Å². The molecule has 0 fully saturated rings. The van der Waals surface area contributed by atoms with Gasteiger partial charge < -0.3 is 0 Å². The summed E-state index contributed by atoms with van der Waals surface area (Å²) in [5.41, 5.74) is -3.11. The molecular formula is C15H8N2O6. The standard InChI is InChI=1S/C15H8N2O6/c18-13-11-3-1-2-4-12(11)14(19)15(13,17(22)23)9-5-7-10(8-6-9)16(20)21/h1-8H. The normalized spacial score (nSPS) is 15.3. The highest BCUT2D eigenvalue weighted by molar-refractivity contribution is 6.31. The number of rotatable bonds is 3. The smallest absolute Gasteiger partial charge is 0.285 e. The number of hydrogen-bond acceptors (Lipinski definition) is 6. The molecule has 2 aromatic rings. The average molecular weight is 312 g/mol. The van der Waals surface area contributed by atoms with Crippen molar-refractivity contribution in [1.29, 1.82) is 0 Å². The number of ketones is 2. The van der Waals surface area contributed by atoms with E-state index in [0.29, 0.717) is 0 Å². The van der Waals surface area contributed by atoms with Crippen LogP contribution in [-0.4, -0.2) is 21.4 Å². The van der Waals surface area contributed by atoms with Crippen molar-refractivity contribution < 1.29 is 19.4 Å². The lowest BCUT2D eigenvalue weighted by Crippen LogP contribution is -2.46. The minimum absolute atomic E-state index is 0.0208. The second-order valence-corrected chi connectivity index (χ2v) is 4.98. The second kappa shape index (κ2) is 4.80. The van der Waals surface area contributed by atoms with Crippen molar-refractivity contribution in [2.75, 3.05) is 0 Å². The quantitative estimate of drug-likeness (QED) is 0.486. The fourth-order valence-electron chi connectivity index (χ4n) is 2.73. The summed E-state index contributed by atoms with van der Waals surface area (Å²) < 4.78 is 0. The van der Waals surface area contributed by atoms with Crippen molar-refractivity contribution in [1.82, 2.24) is 0 Å². The molecule has 0 N–H and O–H groups in total. The number of nitro benzene ring substituents is 1. The Balaban J connectivity index is 2.24. The van der Waals surface area contributed by atoms with Crippen molar-refractivity contribution in [3.63, 3.8) is 0 Å². The van der Waals surface area contributed by atoms with Crippen LogP contribution in [0.1, 0.15) is 26.3 Å². The van der Waals surface area contributed by atoms with Gasteiger partial charge in [0.1, 0.15) is 0 Å². The van der Waals surface area contributed by atoms with E-state index >= 15 is 0 Å². The Kier molecular flexibility index (Phi) is 3.03. The molecule has 0 aromatic heterocycles. The Morgan fingerprint density at radius 3 is 1.65 bits per heavy atom. The third-order valence-corrected chi connectivity index (χ3v) is 3.84. The van der Waals surface area contributed by atoms with Crippen LogP contribution in [0.2, 0.25) is 0 Å². The number of non-ortho nitro benzene ring substituents is 1. The van der Waals surface area contributed by atoms with E-state index < -0.39 is 27.0 Å². The third-order valence-electron chi connectivity index (χ3n) is 3.84. The van der Waals surface area contributed by atoms with Gasteiger partial charge in [-0.25, -0.2) is 0 Å². The molecular weight excluding hydrogens is 304 g/mol. The Morgan fingerprint density at radius 1 is 0.783 bits per heavy atom. The zero-order valence-electron chi connectivity index (χ0n) is 11.5. The molecule has 0 amide bonds. The van der Waals surface area contributed by atoms with Gasteiger partial charge >= 0.3 is 5.54 Å². The molecule has 0 saturated carbocycles. The van der Waals surface area contributed by atoms with Crippen LogP contribution < -0.4 is 0 Å². The maximum absolute atomic E-state index is 12.6. The van der Waals surface area contributed by atoms with Gasteiger partial charge in [0, 0.05) is 33.7 Å². The van der Waals surface area contributed by atoms with E-state index in [1.807, 2.05) is 0 Å². The molecule has 114 valence electrons. The Labute approximate surface area is 128 Å². The SMILES string of the molecule is O=C1c2ccccc2C(=O)C1(c1ccc([N+](=O)[O-])cc1)[N+](=O)[O-]. The molecule has 0 heterocycles. The number of Topliss-reactive ketones (excluding diaryl/α,β-unsaturated/α-hetero) is 2. The summed E-state index contributed by atoms with van der Waals surface area (Å²) in [6, 6.07) is 9.93. The predicted octanol–water partition coefficient (Wildman–Crippen LogP) is 2.15. The van der Waals surface area contributed by atoms with E-state index in [9.17, 15) is 29.8 Å². The van der Waals surface area contributed by atoms with Crippen LogP contribution in [0, 0.1) is 20.2 Å². The highest BCUT2D eigenvalue weighted by Gasteiger charge is 2.65. The number of nitrogens with zero attached hydrogens (tertiary/aromatic N) is 2. The number of nitro groups is 2. The molecule has 0 saturated heterocycles. The molecule has 8 nitrogen and oxygen atoms in total. The first-order chi connectivity index (χ1) is 10.9. The van der Waals surface area contributed by atoms with E-state index in [-0.39, 0.29) is 22.4 Å². The van der Waals surface area contributed by atoms with Gasteiger partial charge in [0.2, 0.25) is 0 Å². The largest absolute Gasteiger partial charge is 0.370 e. The lowest BCUT2D eigenvalue weighted by molar-refractivity contribution is -0.537. The zero-order chi connectivity index (χ0) is 16.8. The Hall–Kier alpha value is -3.42. The molecule has 3 rings (SSSR count). The van der Waals surface area contributed by atoms with Crippen LogP contribution in [0.3, 0.4) is 0 Å². The van der Waals surface area contributed by atoms with Crippen LogP contribution in [0.15, 0.2) is 48.5 Å². The van der Waals surface area contributed by atoms with Crippen molar-refractivity contribution in [3.8, 4) is 0 Å². The molecule has 2 aromatic carbocycles. The lowest BCUT2D eigenvalue weighted by Gasteiger charge is -2.17. The number of fused-ring (bicyclic) bond motifs is 1. The van der Waals surface area contributed by atoms with Crippen LogP contribution >= 0.6 is 0 Å². The molecule has 0 aliphatic heterocycles. The minimum Gasteiger partial charge on any atom is -0.285 e. The maximum Gasteiger partial charge on any atom is 0.370 e. The number of carbonyl (C=O) groups excluding carboxylic acids is 2. The predicted molar refractivity (Wildman–Crippen MR) is 76.9 cm³/mol. The summed E-state index contributed by atoms with van der Waals surface area (Å²) in [7, 11) is 0. The van der Waals surface area contributed by atoms with Gasteiger partial charge in [-0.05, 0) is 12.1 Å². The molecule has 0 bridgehead atoms. The molecule has 0 atom stereocenters. The fourth-order valence-corrected chi connectivity index (χ4v) is 2.73. The highest BCUT2D eigenvalue weighted by atomic mass is 16.6. The zero-order valence-corrected chi connectivity index (χ0v) is 11.5. The van der Waals surface area contributed by atoms with Crippen molar-refractivity contribution >= 4 is 17.3 Å². The van der Waals surface area contributed by atoms with E-state index in [4.69, 9.17) is 0 Å². The van der Waals surface area contributed by atoms with Crippen LogP contribution in [0.4, 0.5) is 5.69 Å². The summed E-state index contributed by atoms with van der Waals surface area (Å²) >= 11 is 0. The minimum atomic E-state index is -2.58. The molecule has 0 unspecified atom stereocenters. The van der Waals surface area contributed by atoms with Gasteiger partial charge in [-0.3, -0.25) is 29.8 Å². The molecule has 1 aliphatic rings. The number of hydrogen-bond donors (Lipinski definition) is 0. The molecule has 1 aliphatic carbocycles. The third kappa shape index (κ3) is 1.78. The van der Waals surface area contributed by atoms with Gasteiger partial charge in [0.05, 0.1) is 4.92 Å². The molecule has 23 heavy (non-hydrogen) atoms. The van der Waals surface area contributed by atoms with E-state index in [0.717, 1.165) is 24.3 Å². The molecule has 8 heteroatoms. The van der Waals surface area contributed by atoms with Crippen LogP contribution in [0.25, 0.3) is 0 Å². The summed E-state index contributed by atoms with van der Waals surface area (Å²) in [6.45, 7) is 0. The fraction of sp³-hybridized carbons (Fsp3) is 0.0667. The van der Waals surface area contributed by atoms with Crippen LogP contribution in [-0.2, 0) is 5.54 Å². The number of benzene rings is 2. The van der Waals surface area contributed by atoms with E-state index in [2.05, 4.69) is 0 Å². The average Bonchev–Trinajstić information content (AvgIpc) is 2.77. The Morgan fingerprint density at radius 2 is 1.26 bits per heavy atom. The summed E-state index contributed by atoms with van der Waals surface area (Å²) in [5.74, 6) is -1.87. The first-order valence-corrected chi connectivity index (χ1v) is 6.48. The van der Waals surface area contributed by atoms with Gasteiger partial charge in [-0.1, -0.05) is 24.3 Å². The van der Waals surface area contributed by atoms with Crippen LogP contribution in [0.5, 0.6) is 0 Å². The summed E-state index contributed by atoms with van der Waals surface area (Å²) in [4.78, 5) is 45.9.